The molecule has 1 aliphatic carbocycles. The summed E-state index contributed by atoms with van der Waals surface area (Å²) in [6, 6.07) is 0.486. The van der Waals surface area contributed by atoms with E-state index in [1.165, 1.54) is 19.3 Å². The molecular formula is C12H18N6. The lowest BCUT2D eigenvalue weighted by atomic mass is 9.80. The number of hydrogen-bond acceptors (Lipinski definition) is 5. The third kappa shape index (κ3) is 2.14. The van der Waals surface area contributed by atoms with E-state index < -0.39 is 0 Å². The van der Waals surface area contributed by atoms with Crippen molar-refractivity contribution in [3.63, 3.8) is 0 Å². The van der Waals surface area contributed by atoms with Crippen LogP contribution in [-0.2, 0) is 0 Å². The minimum absolute atomic E-state index is 0.486. The molecule has 2 unspecified atom stereocenters. The van der Waals surface area contributed by atoms with Gasteiger partial charge in [-0.15, -0.1) is 5.10 Å². The van der Waals surface area contributed by atoms with Gasteiger partial charge >= 0.3 is 0 Å². The summed E-state index contributed by atoms with van der Waals surface area (Å²) in [6.45, 7) is 4.64. The average molecular weight is 246 g/mol. The zero-order valence-corrected chi connectivity index (χ0v) is 10.7. The van der Waals surface area contributed by atoms with E-state index in [1.54, 1.807) is 16.9 Å². The first-order valence-electron chi connectivity index (χ1n) is 6.51. The second-order valence-corrected chi connectivity index (χ2v) is 5.50. The summed E-state index contributed by atoms with van der Waals surface area (Å²) >= 11 is 0. The molecule has 0 spiro atoms. The van der Waals surface area contributed by atoms with Gasteiger partial charge in [-0.25, -0.2) is 0 Å². The molecule has 3 rings (SSSR count). The molecule has 2 aromatic heterocycles. The Hall–Kier alpha value is -1.72. The molecule has 96 valence electrons. The van der Waals surface area contributed by atoms with E-state index >= 15 is 0 Å². The number of rotatable bonds is 2. The van der Waals surface area contributed by atoms with Gasteiger partial charge in [0.1, 0.15) is 0 Å². The van der Waals surface area contributed by atoms with E-state index in [-0.39, 0.29) is 0 Å². The Kier molecular flexibility index (Phi) is 2.85. The highest BCUT2D eigenvalue weighted by atomic mass is 15.5. The molecule has 2 atom stereocenters. The summed E-state index contributed by atoms with van der Waals surface area (Å²) in [5.41, 5.74) is 0.678. The van der Waals surface area contributed by atoms with Crippen LogP contribution in [0.25, 0.3) is 5.65 Å². The van der Waals surface area contributed by atoms with E-state index in [2.05, 4.69) is 39.7 Å². The van der Waals surface area contributed by atoms with Gasteiger partial charge in [0.25, 0.3) is 0 Å². The van der Waals surface area contributed by atoms with Crippen LogP contribution in [0.4, 0.5) is 5.82 Å². The Morgan fingerprint density at radius 1 is 1.17 bits per heavy atom. The molecule has 0 bridgehead atoms. The molecule has 0 aliphatic heterocycles. The highest BCUT2D eigenvalue weighted by molar-refractivity contribution is 5.44. The van der Waals surface area contributed by atoms with Gasteiger partial charge in [0, 0.05) is 6.04 Å². The first-order valence-corrected chi connectivity index (χ1v) is 6.51. The third-order valence-corrected chi connectivity index (χ3v) is 3.64. The number of nitrogens with zero attached hydrogens (tertiary/aromatic N) is 5. The quantitative estimate of drug-likeness (QED) is 0.874. The van der Waals surface area contributed by atoms with Crippen molar-refractivity contribution in [2.45, 2.75) is 39.2 Å². The van der Waals surface area contributed by atoms with Crippen molar-refractivity contribution in [2.24, 2.45) is 11.8 Å². The zero-order chi connectivity index (χ0) is 12.5. The summed E-state index contributed by atoms with van der Waals surface area (Å²) in [5.74, 6) is 2.42. The second kappa shape index (κ2) is 4.51. The number of anilines is 1. The van der Waals surface area contributed by atoms with Gasteiger partial charge in [-0.1, -0.05) is 13.8 Å². The normalized spacial score (nSPS) is 28.4. The van der Waals surface area contributed by atoms with Crippen LogP contribution in [0.5, 0.6) is 0 Å². The topological polar surface area (TPSA) is 68.0 Å². The van der Waals surface area contributed by atoms with Crippen molar-refractivity contribution in [3.05, 3.63) is 12.4 Å². The SMILES string of the molecule is CC1CC(C)CC(Nc2cncc3nnnn23)C1. The average Bonchev–Trinajstić information content (AvgIpc) is 2.76. The minimum Gasteiger partial charge on any atom is -0.366 e. The fraction of sp³-hybridized carbons (Fsp3) is 0.667. The van der Waals surface area contributed by atoms with Gasteiger partial charge in [-0.2, -0.15) is 4.52 Å². The predicted molar refractivity (Wildman–Crippen MR) is 68.2 cm³/mol. The van der Waals surface area contributed by atoms with Crippen LogP contribution in [0, 0.1) is 11.8 Å². The van der Waals surface area contributed by atoms with Crippen LogP contribution < -0.4 is 5.32 Å². The monoisotopic (exact) mass is 246 g/mol. The molecular weight excluding hydrogens is 228 g/mol. The molecule has 6 nitrogen and oxygen atoms in total. The predicted octanol–water partition coefficient (Wildman–Crippen LogP) is 1.76. The highest BCUT2D eigenvalue weighted by Crippen LogP contribution is 2.30. The number of hydrogen-bond donors (Lipinski definition) is 1. The maximum atomic E-state index is 4.16. The Morgan fingerprint density at radius 2 is 1.94 bits per heavy atom. The van der Waals surface area contributed by atoms with Crippen LogP contribution in [-0.4, -0.2) is 31.1 Å². The summed E-state index contributed by atoms with van der Waals surface area (Å²) in [4.78, 5) is 4.16. The maximum absolute atomic E-state index is 4.16. The van der Waals surface area contributed by atoms with Crippen LogP contribution >= 0.6 is 0 Å². The Labute approximate surface area is 106 Å². The fourth-order valence-electron chi connectivity index (χ4n) is 3.05. The molecule has 1 aliphatic rings. The molecule has 2 heterocycles. The van der Waals surface area contributed by atoms with E-state index in [1.807, 2.05) is 0 Å². The van der Waals surface area contributed by atoms with Crippen molar-refractivity contribution in [3.8, 4) is 0 Å². The number of nitrogens with one attached hydrogen (secondary N) is 1. The zero-order valence-electron chi connectivity index (χ0n) is 10.7. The maximum Gasteiger partial charge on any atom is 0.199 e. The smallest absolute Gasteiger partial charge is 0.199 e. The van der Waals surface area contributed by atoms with Crippen LogP contribution in [0.15, 0.2) is 12.4 Å². The van der Waals surface area contributed by atoms with E-state index in [0.29, 0.717) is 11.7 Å². The molecule has 18 heavy (non-hydrogen) atoms. The van der Waals surface area contributed by atoms with Gasteiger partial charge in [0.05, 0.1) is 12.4 Å². The van der Waals surface area contributed by atoms with Gasteiger partial charge in [0.2, 0.25) is 0 Å². The highest BCUT2D eigenvalue weighted by Gasteiger charge is 2.24. The van der Waals surface area contributed by atoms with Gasteiger partial charge in [-0.05, 0) is 41.5 Å². The summed E-state index contributed by atoms with van der Waals surface area (Å²) in [5, 5.41) is 15.1. The molecule has 2 aromatic rings. The molecule has 0 radical (unpaired) electrons. The van der Waals surface area contributed by atoms with E-state index in [4.69, 9.17) is 0 Å². The van der Waals surface area contributed by atoms with E-state index in [0.717, 1.165) is 17.7 Å². The van der Waals surface area contributed by atoms with Crippen molar-refractivity contribution >= 4 is 11.5 Å². The standard InChI is InChI=1S/C12H18N6/c1-8-3-9(2)5-10(4-8)14-11-6-13-7-12-15-16-17-18(11)12/h6-10,14H,3-5H2,1-2H3. The van der Waals surface area contributed by atoms with Crippen molar-refractivity contribution in [1.29, 1.82) is 0 Å². The molecule has 6 heteroatoms. The molecule has 0 amide bonds. The largest absolute Gasteiger partial charge is 0.366 e. The Bertz CT molecular complexity index is 526. The Balaban J connectivity index is 1.81. The summed E-state index contributed by atoms with van der Waals surface area (Å²) < 4.78 is 1.71. The van der Waals surface area contributed by atoms with Gasteiger partial charge in [-0.3, -0.25) is 4.98 Å². The van der Waals surface area contributed by atoms with Gasteiger partial charge < -0.3 is 5.32 Å². The first-order chi connectivity index (χ1) is 8.72. The molecule has 1 fully saturated rings. The third-order valence-electron chi connectivity index (χ3n) is 3.64. The van der Waals surface area contributed by atoms with Crippen LogP contribution in [0.3, 0.4) is 0 Å². The van der Waals surface area contributed by atoms with Crippen molar-refractivity contribution < 1.29 is 0 Å². The number of tetrazole rings is 1. The lowest BCUT2D eigenvalue weighted by Gasteiger charge is -2.32. The minimum atomic E-state index is 0.486. The first kappa shape index (κ1) is 11.4. The molecule has 1 N–H and O–H groups in total. The summed E-state index contributed by atoms with van der Waals surface area (Å²) in [6.07, 6.45) is 7.17. The molecule has 0 aromatic carbocycles. The van der Waals surface area contributed by atoms with Crippen molar-refractivity contribution in [1.82, 2.24) is 25.0 Å². The van der Waals surface area contributed by atoms with Crippen molar-refractivity contribution in [2.75, 3.05) is 5.32 Å². The van der Waals surface area contributed by atoms with E-state index in [9.17, 15) is 0 Å². The fourth-order valence-corrected chi connectivity index (χ4v) is 3.05. The number of fused-ring (bicyclic) bond motifs is 1. The number of aromatic nitrogens is 5. The van der Waals surface area contributed by atoms with Gasteiger partial charge in [0.15, 0.2) is 11.5 Å². The Morgan fingerprint density at radius 3 is 2.72 bits per heavy atom. The lowest BCUT2D eigenvalue weighted by molar-refractivity contribution is 0.280. The second-order valence-electron chi connectivity index (χ2n) is 5.50. The molecule has 1 saturated carbocycles. The lowest BCUT2D eigenvalue weighted by Crippen LogP contribution is -2.31. The molecule has 0 saturated heterocycles. The van der Waals surface area contributed by atoms with Crippen LogP contribution in [0.2, 0.25) is 0 Å². The summed E-state index contributed by atoms with van der Waals surface area (Å²) in [7, 11) is 0. The van der Waals surface area contributed by atoms with Crippen LogP contribution in [0.1, 0.15) is 33.1 Å².